The van der Waals surface area contributed by atoms with Gasteiger partial charge in [-0.2, -0.15) is 0 Å². The summed E-state index contributed by atoms with van der Waals surface area (Å²) in [4.78, 5) is 25.2. The molecule has 4 nitrogen and oxygen atoms in total. The van der Waals surface area contributed by atoms with Crippen molar-refractivity contribution in [3.05, 3.63) is 29.8 Å². The highest BCUT2D eigenvalue weighted by molar-refractivity contribution is 8.00. The first kappa shape index (κ1) is 15.9. The molecule has 114 valence electrons. The van der Waals surface area contributed by atoms with E-state index in [0.717, 1.165) is 6.42 Å². The Balaban J connectivity index is 2.03. The molecule has 1 heterocycles. The fourth-order valence-corrected chi connectivity index (χ4v) is 3.79. The van der Waals surface area contributed by atoms with Crippen molar-refractivity contribution < 1.29 is 19.1 Å². The topological polar surface area (TPSA) is 52.6 Å². The molecule has 0 spiro atoms. The van der Waals surface area contributed by atoms with Crippen LogP contribution in [0.25, 0.3) is 0 Å². The minimum atomic E-state index is -0.822. The van der Waals surface area contributed by atoms with Gasteiger partial charge in [-0.05, 0) is 38.3 Å². The molecule has 0 saturated carbocycles. The predicted molar refractivity (Wildman–Crippen MR) is 81.2 cm³/mol. The third-order valence-electron chi connectivity index (χ3n) is 3.35. The number of hydrogen-bond acceptors (Lipinski definition) is 5. The van der Waals surface area contributed by atoms with Gasteiger partial charge in [-0.25, -0.2) is 0 Å². The Kier molecular flexibility index (Phi) is 5.67. The molecule has 1 aromatic carbocycles. The number of esters is 2. The second kappa shape index (κ2) is 7.50. The lowest BCUT2D eigenvalue weighted by Crippen LogP contribution is -2.30. The molecular formula is C16H20O4S. The molecule has 1 aliphatic heterocycles. The van der Waals surface area contributed by atoms with Crippen molar-refractivity contribution in [3.63, 3.8) is 0 Å². The largest absolute Gasteiger partial charge is 0.465 e. The maximum absolute atomic E-state index is 12.0. The van der Waals surface area contributed by atoms with Gasteiger partial charge in [-0.15, -0.1) is 11.8 Å². The zero-order chi connectivity index (χ0) is 15.2. The van der Waals surface area contributed by atoms with Gasteiger partial charge in [0.05, 0.1) is 13.2 Å². The molecule has 0 radical (unpaired) electrons. The summed E-state index contributed by atoms with van der Waals surface area (Å²) >= 11 is 1.72. The maximum Gasteiger partial charge on any atom is 0.320 e. The van der Waals surface area contributed by atoms with Gasteiger partial charge in [-0.3, -0.25) is 9.59 Å². The molecule has 0 saturated heterocycles. The second-order valence-electron chi connectivity index (χ2n) is 4.84. The molecule has 1 aliphatic rings. The predicted octanol–water partition coefficient (Wildman–Crippen LogP) is 2.84. The van der Waals surface area contributed by atoms with Crippen molar-refractivity contribution in [2.24, 2.45) is 5.92 Å². The normalized spacial score (nSPS) is 16.6. The lowest BCUT2D eigenvalue weighted by Gasteiger charge is -2.17. The smallest absolute Gasteiger partial charge is 0.320 e. The zero-order valence-electron chi connectivity index (χ0n) is 12.3. The van der Waals surface area contributed by atoms with Crippen LogP contribution in [-0.2, 0) is 25.5 Å². The fraction of sp³-hybridized carbons (Fsp3) is 0.500. The van der Waals surface area contributed by atoms with Gasteiger partial charge in [0.15, 0.2) is 5.92 Å². The molecular weight excluding hydrogens is 288 g/mol. The lowest BCUT2D eigenvalue weighted by atomic mass is 9.99. The van der Waals surface area contributed by atoms with Gasteiger partial charge in [0, 0.05) is 10.1 Å². The van der Waals surface area contributed by atoms with Gasteiger partial charge in [0.2, 0.25) is 0 Å². The Labute approximate surface area is 129 Å². The van der Waals surface area contributed by atoms with Crippen LogP contribution in [0.4, 0.5) is 0 Å². The van der Waals surface area contributed by atoms with Crippen molar-refractivity contribution in [2.75, 3.05) is 13.2 Å². The van der Waals surface area contributed by atoms with Crippen molar-refractivity contribution in [1.82, 2.24) is 0 Å². The molecule has 21 heavy (non-hydrogen) atoms. The highest BCUT2D eigenvalue weighted by Crippen LogP contribution is 2.39. The van der Waals surface area contributed by atoms with Crippen LogP contribution in [-0.4, -0.2) is 30.4 Å². The van der Waals surface area contributed by atoms with Gasteiger partial charge < -0.3 is 9.47 Å². The Hall–Kier alpha value is -1.49. The summed E-state index contributed by atoms with van der Waals surface area (Å²) in [5, 5.41) is 0.209. The third-order valence-corrected chi connectivity index (χ3v) is 4.70. The van der Waals surface area contributed by atoms with E-state index < -0.39 is 17.9 Å². The molecule has 1 unspecified atom stereocenters. The van der Waals surface area contributed by atoms with Gasteiger partial charge >= 0.3 is 11.9 Å². The van der Waals surface area contributed by atoms with Gasteiger partial charge in [0.1, 0.15) is 0 Å². The molecule has 2 rings (SSSR count). The average molecular weight is 308 g/mol. The van der Waals surface area contributed by atoms with Gasteiger partial charge in [0.25, 0.3) is 0 Å². The van der Waals surface area contributed by atoms with Crippen LogP contribution in [0.1, 0.15) is 25.8 Å². The molecule has 0 amide bonds. The second-order valence-corrected chi connectivity index (χ2v) is 6.19. The maximum atomic E-state index is 12.0. The SMILES string of the molecule is CCOC(=O)C(CC1Cc2ccccc2S1)C(=O)OCC. The summed E-state index contributed by atoms with van der Waals surface area (Å²) < 4.78 is 10.0. The first-order valence-corrected chi connectivity index (χ1v) is 8.11. The van der Waals surface area contributed by atoms with E-state index in [1.165, 1.54) is 10.5 Å². The Morgan fingerprint density at radius 1 is 1.19 bits per heavy atom. The monoisotopic (exact) mass is 308 g/mol. The van der Waals surface area contributed by atoms with E-state index in [1.807, 2.05) is 12.1 Å². The highest BCUT2D eigenvalue weighted by Gasteiger charge is 2.34. The molecule has 0 N–H and O–H groups in total. The molecule has 0 bridgehead atoms. The summed E-state index contributed by atoms with van der Waals surface area (Å²) in [5.41, 5.74) is 1.28. The summed E-state index contributed by atoms with van der Waals surface area (Å²) in [5.74, 6) is -1.78. The fourth-order valence-electron chi connectivity index (χ4n) is 2.42. The van der Waals surface area contributed by atoms with Crippen molar-refractivity contribution in [1.29, 1.82) is 0 Å². The molecule has 0 fully saturated rings. The van der Waals surface area contributed by atoms with E-state index >= 15 is 0 Å². The number of carbonyl (C=O) groups excluding carboxylic acids is 2. The minimum absolute atomic E-state index is 0.209. The molecule has 5 heteroatoms. The van der Waals surface area contributed by atoms with E-state index in [2.05, 4.69) is 12.1 Å². The number of carbonyl (C=O) groups is 2. The van der Waals surface area contributed by atoms with Gasteiger partial charge in [-0.1, -0.05) is 18.2 Å². The van der Waals surface area contributed by atoms with Crippen LogP contribution in [0.3, 0.4) is 0 Å². The van der Waals surface area contributed by atoms with Crippen molar-refractivity contribution >= 4 is 23.7 Å². The lowest BCUT2D eigenvalue weighted by molar-refractivity contribution is -0.161. The number of thioether (sulfide) groups is 1. The molecule has 1 aromatic rings. The standard InChI is InChI=1S/C16H20O4S/c1-3-19-15(17)13(16(18)20-4-2)10-12-9-11-7-5-6-8-14(11)21-12/h5-8,12-13H,3-4,9-10H2,1-2H3. The van der Waals surface area contributed by atoms with E-state index in [-0.39, 0.29) is 18.5 Å². The van der Waals surface area contributed by atoms with Crippen LogP contribution in [0.5, 0.6) is 0 Å². The van der Waals surface area contributed by atoms with Crippen LogP contribution in [0, 0.1) is 5.92 Å². The number of rotatable bonds is 6. The number of ether oxygens (including phenoxy) is 2. The third kappa shape index (κ3) is 4.00. The highest BCUT2D eigenvalue weighted by atomic mass is 32.2. The van der Waals surface area contributed by atoms with Crippen molar-refractivity contribution in [3.8, 4) is 0 Å². The zero-order valence-corrected chi connectivity index (χ0v) is 13.2. The number of benzene rings is 1. The first-order chi connectivity index (χ1) is 10.2. The van der Waals surface area contributed by atoms with Crippen molar-refractivity contribution in [2.45, 2.75) is 36.8 Å². The van der Waals surface area contributed by atoms with E-state index in [1.54, 1.807) is 25.6 Å². The molecule has 0 aromatic heterocycles. The number of hydrogen-bond donors (Lipinski definition) is 0. The number of fused-ring (bicyclic) bond motifs is 1. The van der Waals surface area contributed by atoms with Crippen LogP contribution in [0.15, 0.2) is 29.2 Å². The van der Waals surface area contributed by atoms with Crippen LogP contribution >= 0.6 is 11.8 Å². The summed E-state index contributed by atoms with van der Waals surface area (Å²) in [6.45, 7) is 4.01. The summed E-state index contributed by atoms with van der Waals surface area (Å²) in [6, 6.07) is 8.17. The van der Waals surface area contributed by atoms with E-state index in [0.29, 0.717) is 6.42 Å². The molecule has 1 atom stereocenters. The van der Waals surface area contributed by atoms with Crippen LogP contribution < -0.4 is 0 Å². The Morgan fingerprint density at radius 2 is 1.81 bits per heavy atom. The summed E-state index contributed by atoms with van der Waals surface area (Å²) in [6.07, 6.45) is 1.33. The van der Waals surface area contributed by atoms with Crippen LogP contribution in [0.2, 0.25) is 0 Å². The van der Waals surface area contributed by atoms with E-state index in [9.17, 15) is 9.59 Å². The Morgan fingerprint density at radius 3 is 2.38 bits per heavy atom. The minimum Gasteiger partial charge on any atom is -0.465 e. The summed E-state index contributed by atoms with van der Waals surface area (Å²) in [7, 11) is 0. The molecule has 0 aliphatic carbocycles. The van der Waals surface area contributed by atoms with E-state index in [4.69, 9.17) is 9.47 Å². The quantitative estimate of drug-likeness (QED) is 0.597. The first-order valence-electron chi connectivity index (χ1n) is 7.23. The average Bonchev–Trinajstić information content (AvgIpc) is 2.87. The Bertz CT molecular complexity index is 472.